The van der Waals surface area contributed by atoms with Gasteiger partial charge in [-0.05, 0) is 24.1 Å². The highest BCUT2D eigenvalue weighted by Gasteiger charge is 2.15. The number of urea groups is 1. The van der Waals surface area contributed by atoms with Gasteiger partial charge in [0.2, 0.25) is 5.91 Å². The van der Waals surface area contributed by atoms with E-state index in [9.17, 15) is 9.59 Å². The average Bonchev–Trinajstić information content (AvgIpc) is 3.16. The fourth-order valence-electron chi connectivity index (χ4n) is 2.78. The monoisotopic (exact) mass is 487 g/mol. The maximum absolute atomic E-state index is 11.8. The van der Waals surface area contributed by atoms with E-state index in [4.69, 9.17) is 0 Å². The lowest BCUT2D eigenvalue weighted by Crippen LogP contribution is -2.37. The zero-order valence-corrected chi connectivity index (χ0v) is 18.9. The number of benzene rings is 2. The number of imide groups is 1. The van der Waals surface area contributed by atoms with Crippen LogP contribution in [0.1, 0.15) is 12.0 Å². The van der Waals surface area contributed by atoms with Gasteiger partial charge in [-0.2, -0.15) is 0 Å². The fraction of sp³-hybridized carbons (Fsp3) is 0.238. The average molecular weight is 488 g/mol. The fourth-order valence-corrected chi connectivity index (χ4v) is 3.95. The largest absolute Gasteiger partial charge is 0.341 e. The van der Waals surface area contributed by atoms with Crippen molar-refractivity contribution in [1.29, 1.82) is 0 Å². The number of aryl methyl sites for hydroxylation is 1. The van der Waals surface area contributed by atoms with Gasteiger partial charge >= 0.3 is 6.03 Å². The van der Waals surface area contributed by atoms with Crippen molar-refractivity contribution >= 4 is 39.6 Å². The molecule has 0 saturated carbocycles. The normalized spacial score (nSPS) is 10.6. The number of nitrogens with one attached hydrogen (secondary N) is 2. The van der Waals surface area contributed by atoms with Crippen molar-refractivity contribution in [3.05, 3.63) is 64.6 Å². The summed E-state index contributed by atoms with van der Waals surface area (Å²) in [4.78, 5) is 23.1. The number of hydrogen-bond donors (Lipinski definition) is 2. The second-order valence-corrected chi connectivity index (χ2v) is 8.40. The minimum Gasteiger partial charge on any atom is -0.341 e. The summed E-state index contributed by atoms with van der Waals surface area (Å²) in [5.41, 5.74) is 2.21. The van der Waals surface area contributed by atoms with Crippen LogP contribution in [0.15, 0.2) is 64.2 Å². The number of amides is 3. The molecule has 3 aromatic rings. The molecule has 1 aromatic heterocycles. The first-order valence-electron chi connectivity index (χ1n) is 9.44. The Kier molecular flexibility index (Phi) is 8.04. The van der Waals surface area contributed by atoms with Gasteiger partial charge in [-0.1, -0.05) is 70.2 Å². The Morgan fingerprint density at radius 3 is 2.50 bits per heavy atom. The number of nitrogens with zero attached hydrogens (tertiary/aromatic N) is 3. The minimum absolute atomic E-state index is 0.206. The number of thioether (sulfide) groups is 1. The van der Waals surface area contributed by atoms with Gasteiger partial charge in [0.15, 0.2) is 11.0 Å². The van der Waals surface area contributed by atoms with E-state index in [1.165, 1.54) is 24.4 Å². The van der Waals surface area contributed by atoms with Crippen LogP contribution in [0.3, 0.4) is 0 Å². The van der Waals surface area contributed by atoms with Crippen molar-refractivity contribution in [3.8, 4) is 11.4 Å². The predicted molar refractivity (Wildman–Crippen MR) is 121 cm³/mol. The van der Waals surface area contributed by atoms with Crippen molar-refractivity contribution in [1.82, 2.24) is 25.4 Å². The van der Waals surface area contributed by atoms with Crippen LogP contribution in [0.2, 0.25) is 0 Å². The zero-order valence-electron chi connectivity index (χ0n) is 16.5. The molecule has 0 aliphatic carbocycles. The van der Waals surface area contributed by atoms with E-state index in [0.29, 0.717) is 5.75 Å². The quantitative estimate of drug-likeness (QED) is 0.470. The van der Waals surface area contributed by atoms with Gasteiger partial charge < -0.3 is 9.88 Å². The maximum Gasteiger partial charge on any atom is 0.321 e. The third-order valence-corrected chi connectivity index (χ3v) is 5.82. The maximum atomic E-state index is 11.8. The van der Waals surface area contributed by atoms with Crippen LogP contribution in [0, 0.1) is 0 Å². The molecule has 0 spiro atoms. The molecular formula is C21H22BrN5O2S. The summed E-state index contributed by atoms with van der Waals surface area (Å²) in [6.45, 7) is 0.717. The van der Waals surface area contributed by atoms with Crippen molar-refractivity contribution in [3.63, 3.8) is 0 Å². The highest BCUT2D eigenvalue weighted by Crippen LogP contribution is 2.26. The highest BCUT2D eigenvalue weighted by molar-refractivity contribution is 9.10. The molecule has 156 valence electrons. The zero-order chi connectivity index (χ0) is 21.3. The lowest BCUT2D eigenvalue weighted by molar-refractivity contribution is -0.119. The van der Waals surface area contributed by atoms with E-state index in [-0.39, 0.29) is 12.3 Å². The van der Waals surface area contributed by atoms with Crippen LogP contribution in [0.25, 0.3) is 11.4 Å². The first-order chi connectivity index (χ1) is 14.6. The van der Waals surface area contributed by atoms with E-state index < -0.39 is 6.03 Å². The summed E-state index contributed by atoms with van der Waals surface area (Å²) < 4.78 is 3.08. The number of halogens is 1. The molecule has 0 saturated heterocycles. The van der Waals surface area contributed by atoms with Crippen LogP contribution >= 0.6 is 27.7 Å². The third kappa shape index (κ3) is 6.17. The lowest BCUT2D eigenvalue weighted by Gasteiger charge is -2.11. The predicted octanol–water partition coefficient (Wildman–Crippen LogP) is 3.89. The molecule has 3 rings (SSSR count). The standard InChI is InChI=1S/C21H22BrN5O2S/c1-23-20(29)24-18(28)12-14-30-21-26-25-19(16-7-9-17(22)10-8-16)27(21)13-11-15-5-3-2-4-6-15/h2-10H,11-14H2,1H3,(H2,23,24,28,29). The Bertz CT molecular complexity index is 992. The van der Waals surface area contributed by atoms with Crippen molar-refractivity contribution < 1.29 is 9.59 Å². The minimum atomic E-state index is -0.506. The van der Waals surface area contributed by atoms with Crippen LogP contribution in [-0.2, 0) is 17.8 Å². The van der Waals surface area contributed by atoms with Gasteiger partial charge in [-0.3, -0.25) is 10.1 Å². The van der Waals surface area contributed by atoms with E-state index in [0.717, 1.165) is 34.0 Å². The molecule has 0 bridgehead atoms. The molecule has 0 aliphatic rings. The molecule has 2 N–H and O–H groups in total. The van der Waals surface area contributed by atoms with Crippen molar-refractivity contribution in [2.45, 2.75) is 24.5 Å². The van der Waals surface area contributed by atoms with E-state index in [1.807, 2.05) is 42.5 Å². The van der Waals surface area contributed by atoms with Gasteiger partial charge in [0, 0.05) is 35.8 Å². The summed E-state index contributed by atoms with van der Waals surface area (Å²) in [6, 6.07) is 17.7. The second kappa shape index (κ2) is 10.9. The van der Waals surface area contributed by atoms with Crippen LogP contribution in [0.4, 0.5) is 4.79 Å². The van der Waals surface area contributed by atoms with Crippen LogP contribution in [-0.4, -0.2) is 39.5 Å². The molecule has 0 fully saturated rings. The molecule has 9 heteroatoms. The topological polar surface area (TPSA) is 88.9 Å². The first kappa shape index (κ1) is 22.0. The van der Waals surface area contributed by atoms with Gasteiger partial charge in [-0.15, -0.1) is 10.2 Å². The Balaban J connectivity index is 1.73. The van der Waals surface area contributed by atoms with Gasteiger partial charge in [-0.25, -0.2) is 4.79 Å². The molecule has 3 amide bonds. The van der Waals surface area contributed by atoms with E-state index in [2.05, 4.69) is 53.5 Å². The smallest absolute Gasteiger partial charge is 0.321 e. The lowest BCUT2D eigenvalue weighted by atomic mass is 10.1. The van der Waals surface area contributed by atoms with Gasteiger partial charge in [0.25, 0.3) is 0 Å². The summed E-state index contributed by atoms with van der Waals surface area (Å²) >= 11 is 4.91. The molecule has 1 heterocycles. The van der Waals surface area contributed by atoms with E-state index in [1.54, 1.807) is 0 Å². The number of carbonyl (C=O) groups excluding carboxylic acids is 2. The number of aromatic nitrogens is 3. The first-order valence-corrected chi connectivity index (χ1v) is 11.2. The molecule has 0 radical (unpaired) electrons. The van der Waals surface area contributed by atoms with Crippen molar-refractivity contribution in [2.24, 2.45) is 0 Å². The van der Waals surface area contributed by atoms with Gasteiger partial charge in [0.05, 0.1) is 0 Å². The van der Waals surface area contributed by atoms with Crippen LogP contribution < -0.4 is 10.6 Å². The second-order valence-electron chi connectivity index (χ2n) is 6.43. The molecule has 0 unspecified atom stereocenters. The SMILES string of the molecule is CNC(=O)NC(=O)CCSc1nnc(-c2ccc(Br)cc2)n1CCc1ccccc1. The third-order valence-electron chi connectivity index (χ3n) is 4.33. The Morgan fingerprint density at radius 1 is 1.07 bits per heavy atom. The number of carbonyl (C=O) groups is 2. The summed E-state index contributed by atoms with van der Waals surface area (Å²) in [5, 5.41) is 14.1. The van der Waals surface area contributed by atoms with Crippen molar-refractivity contribution in [2.75, 3.05) is 12.8 Å². The highest BCUT2D eigenvalue weighted by atomic mass is 79.9. The number of rotatable bonds is 8. The molecule has 0 atom stereocenters. The molecule has 0 aliphatic heterocycles. The molecular weight excluding hydrogens is 466 g/mol. The Hall–Kier alpha value is -2.65. The van der Waals surface area contributed by atoms with Gasteiger partial charge in [0.1, 0.15) is 0 Å². The Labute approximate surface area is 187 Å². The molecule has 30 heavy (non-hydrogen) atoms. The summed E-state index contributed by atoms with van der Waals surface area (Å²) in [5.74, 6) is 0.952. The molecule has 7 nitrogen and oxygen atoms in total. The number of hydrogen-bond acceptors (Lipinski definition) is 5. The summed E-state index contributed by atoms with van der Waals surface area (Å²) in [7, 11) is 1.47. The van der Waals surface area contributed by atoms with Crippen LogP contribution in [0.5, 0.6) is 0 Å². The van der Waals surface area contributed by atoms with E-state index >= 15 is 0 Å². The Morgan fingerprint density at radius 2 is 1.80 bits per heavy atom. The summed E-state index contributed by atoms with van der Waals surface area (Å²) in [6.07, 6.45) is 1.05. The molecule has 2 aromatic carbocycles.